The van der Waals surface area contributed by atoms with Crippen LogP contribution in [0.5, 0.6) is 0 Å². The van der Waals surface area contributed by atoms with Gasteiger partial charge in [0.25, 0.3) is 0 Å². The Hall–Kier alpha value is -0.00571. The summed E-state index contributed by atoms with van der Waals surface area (Å²) in [5.41, 5.74) is 7.34. The maximum Gasteiger partial charge on any atom is -0.172 e. The average molecular weight is 319 g/mol. The zero-order valence-corrected chi connectivity index (χ0v) is 14.7. The zero-order chi connectivity index (χ0) is 14.1. The van der Waals surface area contributed by atoms with Gasteiger partial charge in [-0.05, 0) is 0 Å². The van der Waals surface area contributed by atoms with E-state index in [2.05, 4.69) is 34.6 Å². The van der Waals surface area contributed by atoms with Crippen LogP contribution in [-0.4, -0.2) is 0 Å². The minimum Gasteiger partial charge on any atom is -0.214 e. The first kappa shape index (κ1) is 18.0. The first-order valence-electron chi connectivity index (χ1n) is 5.79. The fraction of sp³-hybridized carbons (Fsp3) is 0.333. The molecular weight excluding hydrogens is 299 g/mol. The minimum atomic E-state index is -0.556. The van der Waals surface area contributed by atoms with Gasteiger partial charge < -0.3 is 0 Å². The predicted molar refractivity (Wildman–Crippen MR) is 79.5 cm³/mol. The Morgan fingerprint density at radius 1 is 0.944 bits per heavy atom. The summed E-state index contributed by atoms with van der Waals surface area (Å²) in [5, 5.41) is 0. The molecule has 0 bridgehead atoms. The standard InChI is InChI=1S/C10H15.C5H5.2ClH.Ti/c1-6-7(2)9(4)10(5)8(6)3;1-2-4-5-3-1;;;/h1-5H3;1-5H;2*1H;/q2*-1;;;+2/p-2. The van der Waals surface area contributed by atoms with Crippen LogP contribution < -0.4 is 0 Å². The maximum absolute atomic E-state index is 4.89. The van der Waals surface area contributed by atoms with E-state index in [1.807, 2.05) is 30.3 Å². The Balaban J connectivity index is 0.000000301. The number of rotatable bonds is 0. The SMILES string of the molecule is Cc1c(C)c(C)[c-](C)c1C.[Cl][Ti][Cl].c1cc[cH-]c1. The van der Waals surface area contributed by atoms with Gasteiger partial charge in [-0.2, -0.15) is 46.0 Å². The first-order valence-corrected chi connectivity index (χ1v) is 10.1. The second kappa shape index (κ2) is 9.86. The van der Waals surface area contributed by atoms with Gasteiger partial charge in [0.05, 0.1) is 0 Å². The Kier molecular flexibility index (Phi) is 9.86. The van der Waals surface area contributed by atoms with Gasteiger partial charge in [-0.25, -0.2) is 12.1 Å². The molecule has 0 heterocycles. The molecule has 0 saturated heterocycles. The molecule has 0 aliphatic carbocycles. The quantitative estimate of drug-likeness (QED) is 0.430. The molecule has 0 radical (unpaired) electrons. The van der Waals surface area contributed by atoms with Crippen molar-refractivity contribution in [1.82, 2.24) is 0 Å². The van der Waals surface area contributed by atoms with Gasteiger partial charge in [0.1, 0.15) is 0 Å². The Morgan fingerprint density at radius 2 is 1.28 bits per heavy atom. The number of halogens is 2. The van der Waals surface area contributed by atoms with Crippen LogP contribution in [0.4, 0.5) is 0 Å². The molecule has 2 aromatic rings. The number of hydrogen-bond donors (Lipinski definition) is 0. The molecular formula is C15H20Cl2Ti-2. The van der Waals surface area contributed by atoms with Gasteiger partial charge in [0.2, 0.25) is 0 Å². The average Bonchev–Trinajstić information content (AvgIpc) is 2.98. The van der Waals surface area contributed by atoms with E-state index in [0.717, 1.165) is 0 Å². The van der Waals surface area contributed by atoms with E-state index in [9.17, 15) is 0 Å². The van der Waals surface area contributed by atoms with E-state index < -0.39 is 17.0 Å². The maximum atomic E-state index is 4.89. The smallest absolute Gasteiger partial charge is 0.172 e. The molecule has 100 valence electrons. The van der Waals surface area contributed by atoms with Crippen molar-refractivity contribution in [1.29, 1.82) is 0 Å². The third kappa shape index (κ3) is 5.76. The molecule has 0 atom stereocenters. The van der Waals surface area contributed by atoms with Crippen LogP contribution in [-0.2, 0) is 17.0 Å². The van der Waals surface area contributed by atoms with Crippen LogP contribution >= 0.6 is 18.6 Å². The van der Waals surface area contributed by atoms with Gasteiger partial charge in [-0.15, -0.1) is 0 Å². The largest absolute Gasteiger partial charge is 0.214 e. The fourth-order valence-corrected chi connectivity index (χ4v) is 1.73. The van der Waals surface area contributed by atoms with Crippen LogP contribution in [0.3, 0.4) is 0 Å². The van der Waals surface area contributed by atoms with E-state index in [0.29, 0.717) is 0 Å². The third-order valence-corrected chi connectivity index (χ3v) is 3.37. The van der Waals surface area contributed by atoms with E-state index >= 15 is 0 Å². The molecule has 0 nitrogen and oxygen atoms in total. The Labute approximate surface area is 128 Å². The van der Waals surface area contributed by atoms with Crippen molar-refractivity contribution < 1.29 is 17.0 Å². The van der Waals surface area contributed by atoms with E-state index in [1.165, 1.54) is 27.8 Å². The molecule has 0 amide bonds. The normalized spacial score (nSPS) is 8.83. The van der Waals surface area contributed by atoms with Crippen LogP contribution in [0.15, 0.2) is 30.3 Å². The zero-order valence-electron chi connectivity index (χ0n) is 11.6. The van der Waals surface area contributed by atoms with E-state index in [-0.39, 0.29) is 0 Å². The van der Waals surface area contributed by atoms with Crippen molar-refractivity contribution in [3.05, 3.63) is 58.1 Å². The number of hydrogen-bond acceptors (Lipinski definition) is 0. The van der Waals surface area contributed by atoms with Crippen molar-refractivity contribution in [2.75, 3.05) is 0 Å². The molecule has 0 aliphatic heterocycles. The Bertz CT molecular complexity index is 330. The van der Waals surface area contributed by atoms with Gasteiger partial charge in [0, 0.05) is 0 Å². The van der Waals surface area contributed by atoms with Crippen molar-refractivity contribution in [3.63, 3.8) is 0 Å². The summed E-state index contributed by atoms with van der Waals surface area (Å²) in [6.07, 6.45) is 0. The molecule has 2 aromatic carbocycles. The topological polar surface area (TPSA) is 0 Å². The van der Waals surface area contributed by atoms with Gasteiger partial charge in [0.15, 0.2) is 0 Å². The van der Waals surface area contributed by atoms with Crippen molar-refractivity contribution >= 4 is 18.6 Å². The Morgan fingerprint density at radius 3 is 1.39 bits per heavy atom. The summed E-state index contributed by atoms with van der Waals surface area (Å²) >= 11 is -0.556. The molecule has 0 unspecified atom stereocenters. The van der Waals surface area contributed by atoms with Crippen LogP contribution in [0.1, 0.15) is 27.8 Å². The monoisotopic (exact) mass is 318 g/mol. The molecule has 2 rings (SSSR count). The summed E-state index contributed by atoms with van der Waals surface area (Å²) < 4.78 is 0. The first-order chi connectivity index (χ1) is 8.47. The molecule has 18 heavy (non-hydrogen) atoms. The van der Waals surface area contributed by atoms with E-state index in [1.54, 1.807) is 0 Å². The van der Waals surface area contributed by atoms with Crippen LogP contribution in [0.2, 0.25) is 0 Å². The second-order valence-electron chi connectivity index (χ2n) is 4.16. The summed E-state index contributed by atoms with van der Waals surface area (Å²) in [6, 6.07) is 10.0. The third-order valence-electron chi connectivity index (χ3n) is 3.37. The van der Waals surface area contributed by atoms with Gasteiger partial charge in [-0.3, -0.25) is 0 Å². The molecule has 3 heteroatoms. The van der Waals surface area contributed by atoms with Crippen LogP contribution in [0.25, 0.3) is 0 Å². The minimum absolute atomic E-state index is 0.556. The second-order valence-corrected chi connectivity index (χ2v) is 6.74. The molecule has 0 spiro atoms. The fourth-order valence-electron chi connectivity index (χ4n) is 1.73. The van der Waals surface area contributed by atoms with Crippen molar-refractivity contribution in [2.45, 2.75) is 34.6 Å². The van der Waals surface area contributed by atoms with Gasteiger partial charge >= 0.3 is 35.6 Å². The molecule has 0 aliphatic rings. The summed E-state index contributed by atoms with van der Waals surface area (Å²) in [5.74, 6) is 0. The summed E-state index contributed by atoms with van der Waals surface area (Å²) in [4.78, 5) is 0. The molecule has 0 saturated carbocycles. The van der Waals surface area contributed by atoms with Crippen molar-refractivity contribution in [3.8, 4) is 0 Å². The van der Waals surface area contributed by atoms with Crippen molar-refractivity contribution in [2.24, 2.45) is 0 Å². The predicted octanol–water partition coefficient (Wildman–Crippen LogP) is 5.73. The van der Waals surface area contributed by atoms with Crippen LogP contribution in [0, 0.1) is 34.6 Å². The molecule has 0 aromatic heterocycles. The summed E-state index contributed by atoms with van der Waals surface area (Å²) in [6.45, 7) is 11.0. The molecule has 0 N–H and O–H groups in total. The summed E-state index contributed by atoms with van der Waals surface area (Å²) in [7, 11) is 9.78. The molecule has 0 fully saturated rings. The van der Waals surface area contributed by atoms with E-state index in [4.69, 9.17) is 18.6 Å². The van der Waals surface area contributed by atoms with Gasteiger partial charge in [-0.1, -0.05) is 34.6 Å².